The maximum Gasteiger partial charge on any atom is 0.317 e. The highest BCUT2D eigenvalue weighted by Crippen LogP contribution is 2.26. The SMILES string of the molecule is CCN(CCO)C(=O)NCC(c1cccc(Cl)c1)N1CCCC1. The van der Waals surface area contributed by atoms with Crippen LogP contribution in [-0.4, -0.2) is 60.3 Å². The number of aliphatic hydroxyl groups is 1. The third-order valence-corrected chi connectivity index (χ3v) is 4.54. The second kappa shape index (κ2) is 9.11. The van der Waals surface area contributed by atoms with Gasteiger partial charge in [0.15, 0.2) is 0 Å². The van der Waals surface area contributed by atoms with Gasteiger partial charge in [0.25, 0.3) is 0 Å². The van der Waals surface area contributed by atoms with Gasteiger partial charge >= 0.3 is 6.03 Å². The zero-order valence-corrected chi connectivity index (χ0v) is 14.4. The molecule has 2 N–H and O–H groups in total. The van der Waals surface area contributed by atoms with E-state index in [-0.39, 0.29) is 18.7 Å². The van der Waals surface area contributed by atoms with Crippen molar-refractivity contribution in [3.8, 4) is 0 Å². The van der Waals surface area contributed by atoms with Crippen LogP contribution in [0.5, 0.6) is 0 Å². The molecule has 128 valence electrons. The second-order valence-corrected chi connectivity index (χ2v) is 6.24. The van der Waals surface area contributed by atoms with Crippen LogP contribution >= 0.6 is 11.6 Å². The van der Waals surface area contributed by atoms with Crippen LogP contribution < -0.4 is 5.32 Å². The molecule has 0 saturated carbocycles. The minimum atomic E-state index is -0.132. The topological polar surface area (TPSA) is 55.8 Å². The van der Waals surface area contributed by atoms with Crippen molar-refractivity contribution in [3.05, 3.63) is 34.9 Å². The molecule has 2 rings (SSSR count). The number of amides is 2. The Morgan fingerprint density at radius 1 is 1.43 bits per heavy atom. The molecule has 0 aliphatic carbocycles. The number of nitrogens with one attached hydrogen (secondary N) is 1. The normalized spacial score (nSPS) is 16.3. The van der Waals surface area contributed by atoms with Crippen molar-refractivity contribution in [2.24, 2.45) is 0 Å². The molecular weight excluding hydrogens is 314 g/mol. The third-order valence-electron chi connectivity index (χ3n) is 4.30. The van der Waals surface area contributed by atoms with E-state index in [0.29, 0.717) is 24.7 Å². The van der Waals surface area contributed by atoms with Crippen molar-refractivity contribution in [1.29, 1.82) is 0 Å². The van der Waals surface area contributed by atoms with Gasteiger partial charge in [-0.2, -0.15) is 0 Å². The number of halogens is 1. The van der Waals surface area contributed by atoms with Gasteiger partial charge in [0.2, 0.25) is 0 Å². The van der Waals surface area contributed by atoms with Crippen LogP contribution in [0.3, 0.4) is 0 Å². The van der Waals surface area contributed by atoms with E-state index in [0.717, 1.165) is 18.7 Å². The molecule has 1 aliphatic heterocycles. The quantitative estimate of drug-likeness (QED) is 0.802. The molecule has 1 aromatic rings. The van der Waals surface area contributed by atoms with Crippen molar-refractivity contribution in [2.75, 3.05) is 39.3 Å². The molecule has 0 bridgehead atoms. The second-order valence-electron chi connectivity index (χ2n) is 5.80. The first-order valence-electron chi connectivity index (χ1n) is 8.29. The summed E-state index contributed by atoms with van der Waals surface area (Å²) >= 11 is 6.13. The lowest BCUT2D eigenvalue weighted by Crippen LogP contribution is -2.44. The van der Waals surface area contributed by atoms with Gasteiger partial charge in [0.05, 0.1) is 12.6 Å². The summed E-state index contributed by atoms with van der Waals surface area (Å²) in [7, 11) is 0. The highest BCUT2D eigenvalue weighted by Gasteiger charge is 2.24. The Balaban J connectivity index is 2.04. The molecule has 1 atom stereocenters. The van der Waals surface area contributed by atoms with Crippen LogP contribution in [0.2, 0.25) is 5.02 Å². The molecule has 0 radical (unpaired) electrons. The molecule has 1 unspecified atom stereocenters. The number of rotatable bonds is 7. The van der Waals surface area contributed by atoms with E-state index in [1.807, 2.05) is 25.1 Å². The molecule has 1 aliphatic rings. The Morgan fingerprint density at radius 3 is 2.78 bits per heavy atom. The highest BCUT2D eigenvalue weighted by molar-refractivity contribution is 6.30. The summed E-state index contributed by atoms with van der Waals surface area (Å²) in [4.78, 5) is 16.2. The monoisotopic (exact) mass is 339 g/mol. The summed E-state index contributed by atoms with van der Waals surface area (Å²) < 4.78 is 0. The predicted molar refractivity (Wildman–Crippen MR) is 92.7 cm³/mol. The Kier molecular flexibility index (Phi) is 7.15. The number of hydrogen-bond donors (Lipinski definition) is 2. The van der Waals surface area contributed by atoms with E-state index in [9.17, 15) is 4.79 Å². The molecule has 0 spiro atoms. The number of carbonyl (C=O) groups is 1. The van der Waals surface area contributed by atoms with Crippen LogP contribution in [0.4, 0.5) is 4.79 Å². The molecule has 5 nitrogen and oxygen atoms in total. The van der Waals surface area contributed by atoms with Gasteiger partial charge in [-0.15, -0.1) is 0 Å². The molecule has 0 aromatic heterocycles. The fourth-order valence-corrected chi connectivity index (χ4v) is 3.24. The van der Waals surface area contributed by atoms with Gasteiger partial charge in [0, 0.05) is 24.7 Å². The number of urea groups is 1. The van der Waals surface area contributed by atoms with E-state index in [1.165, 1.54) is 12.8 Å². The van der Waals surface area contributed by atoms with Crippen LogP contribution in [-0.2, 0) is 0 Å². The summed E-state index contributed by atoms with van der Waals surface area (Å²) in [6.45, 7) is 5.45. The van der Waals surface area contributed by atoms with Gasteiger partial charge in [0.1, 0.15) is 0 Å². The van der Waals surface area contributed by atoms with Gasteiger partial charge in [-0.3, -0.25) is 4.90 Å². The van der Waals surface area contributed by atoms with Crippen LogP contribution in [0.25, 0.3) is 0 Å². The molecule has 1 heterocycles. The summed E-state index contributed by atoms with van der Waals surface area (Å²) in [6.07, 6.45) is 2.38. The molecule has 1 saturated heterocycles. The van der Waals surface area contributed by atoms with Gasteiger partial charge < -0.3 is 15.3 Å². The average molecular weight is 340 g/mol. The Morgan fingerprint density at radius 2 is 2.17 bits per heavy atom. The van der Waals surface area contributed by atoms with E-state index < -0.39 is 0 Å². The Hall–Kier alpha value is -1.30. The number of carbonyl (C=O) groups excluding carboxylic acids is 1. The Bertz CT molecular complexity index is 506. The smallest absolute Gasteiger partial charge is 0.317 e. The predicted octanol–water partition coefficient (Wildman–Crippen LogP) is 2.50. The third kappa shape index (κ3) is 5.09. The van der Waals surface area contributed by atoms with Gasteiger partial charge in [-0.25, -0.2) is 4.79 Å². The molecule has 6 heteroatoms. The first-order valence-corrected chi connectivity index (χ1v) is 8.66. The minimum absolute atomic E-state index is 0.0227. The summed E-state index contributed by atoms with van der Waals surface area (Å²) in [6, 6.07) is 7.85. The maximum absolute atomic E-state index is 12.2. The lowest BCUT2D eigenvalue weighted by atomic mass is 10.1. The van der Waals surface area contributed by atoms with Crippen molar-refractivity contribution < 1.29 is 9.90 Å². The number of aliphatic hydroxyl groups excluding tert-OH is 1. The van der Waals surface area contributed by atoms with E-state index >= 15 is 0 Å². The zero-order valence-electron chi connectivity index (χ0n) is 13.7. The first-order chi connectivity index (χ1) is 11.2. The summed E-state index contributed by atoms with van der Waals surface area (Å²) in [5.74, 6) is 0. The molecule has 1 aromatic carbocycles. The fraction of sp³-hybridized carbons (Fsp3) is 0.588. The molecular formula is C17H26ClN3O2. The molecule has 2 amide bonds. The van der Waals surface area contributed by atoms with Crippen molar-refractivity contribution >= 4 is 17.6 Å². The summed E-state index contributed by atoms with van der Waals surface area (Å²) in [5, 5.41) is 12.8. The number of likely N-dealkylation sites (tertiary alicyclic amines) is 1. The maximum atomic E-state index is 12.2. The van der Waals surface area contributed by atoms with Gasteiger partial charge in [-0.1, -0.05) is 23.7 Å². The number of nitrogens with zero attached hydrogens (tertiary/aromatic N) is 2. The lowest BCUT2D eigenvalue weighted by Gasteiger charge is -2.29. The molecule has 23 heavy (non-hydrogen) atoms. The van der Waals surface area contributed by atoms with Crippen LogP contribution in [0, 0.1) is 0 Å². The number of hydrogen-bond acceptors (Lipinski definition) is 3. The largest absolute Gasteiger partial charge is 0.395 e. The average Bonchev–Trinajstić information content (AvgIpc) is 3.07. The van der Waals surface area contributed by atoms with Crippen LogP contribution in [0.1, 0.15) is 31.4 Å². The van der Waals surface area contributed by atoms with Crippen molar-refractivity contribution in [3.63, 3.8) is 0 Å². The molecule has 1 fully saturated rings. The lowest BCUT2D eigenvalue weighted by molar-refractivity contribution is 0.174. The van der Waals surface area contributed by atoms with Gasteiger partial charge in [-0.05, 0) is 50.6 Å². The highest BCUT2D eigenvalue weighted by atomic mass is 35.5. The van der Waals surface area contributed by atoms with Crippen LogP contribution in [0.15, 0.2) is 24.3 Å². The Labute approximate surface area is 143 Å². The minimum Gasteiger partial charge on any atom is -0.395 e. The van der Waals surface area contributed by atoms with E-state index in [2.05, 4.69) is 16.3 Å². The number of likely N-dealkylation sites (N-methyl/N-ethyl adjacent to an activating group) is 1. The standard InChI is InChI=1S/C17H26ClN3O2/c1-2-20(10-11-22)17(23)19-13-16(21-8-3-4-9-21)14-6-5-7-15(18)12-14/h5-7,12,16,22H,2-4,8-11,13H2,1H3,(H,19,23). The fourth-order valence-electron chi connectivity index (χ4n) is 3.04. The van der Waals surface area contributed by atoms with Crippen molar-refractivity contribution in [2.45, 2.75) is 25.8 Å². The van der Waals surface area contributed by atoms with E-state index in [4.69, 9.17) is 16.7 Å². The number of benzene rings is 1. The zero-order chi connectivity index (χ0) is 16.7. The van der Waals surface area contributed by atoms with Crippen molar-refractivity contribution in [1.82, 2.24) is 15.1 Å². The van der Waals surface area contributed by atoms with E-state index in [1.54, 1.807) is 4.90 Å². The summed E-state index contributed by atoms with van der Waals surface area (Å²) in [5.41, 5.74) is 1.13. The first kappa shape index (κ1) is 18.0.